The van der Waals surface area contributed by atoms with Gasteiger partial charge in [-0.15, -0.1) is 11.3 Å². The molecule has 1 saturated heterocycles. The lowest BCUT2D eigenvalue weighted by atomic mass is 9.89. The Morgan fingerprint density at radius 2 is 1.87 bits per heavy atom. The number of anilines is 1. The number of halogens is 1. The molecule has 2 aliphatic rings. The molecule has 31 heavy (non-hydrogen) atoms. The van der Waals surface area contributed by atoms with E-state index in [0.717, 1.165) is 29.3 Å². The van der Waals surface area contributed by atoms with Crippen molar-refractivity contribution in [2.24, 2.45) is 5.92 Å². The summed E-state index contributed by atoms with van der Waals surface area (Å²) < 4.78 is 28.5. The van der Waals surface area contributed by atoms with Gasteiger partial charge in [0.15, 0.2) is 0 Å². The molecule has 2 aromatic heterocycles. The minimum atomic E-state index is -3.53. The van der Waals surface area contributed by atoms with Crippen LogP contribution < -0.4 is 4.90 Å². The molecule has 0 spiro atoms. The van der Waals surface area contributed by atoms with Gasteiger partial charge in [0.25, 0.3) is 0 Å². The van der Waals surface area contributed by atoms with Gasteiger partial charge < -0.3 is 4.90 Å². The molecule has 164 valence electrons. The van der Waals surface area contributed by atoms with Crippen LogP contribution in [0.1, 0.15) is 29.6 Å². The molecular formula is C22H25BrN4O2S2. The van der Waals surface area contributed by atoms with Crippen LogP contribution in [0, 0.1) is 12.8 Å². The first kappa shape index (κ1) is 21.3. The Bertz CT molecular complexity index is 1250. The number of hydrogen-bond acceptors (Lipinski definition) is 6. The Labute approximate surface area is 195 Å². The topological polar surface area (TPSA) is 66.4 Å². The van der Waals surface area contributed by atoms with Crippen molar-refractivity contribution in [1.82, 2.24) is 14.3 Å². The second kappa shape index (κ2) is 8.10. The summed E-state index contributed by atoms with van der Waals surface area (Å²) in [4.78, 5) is 14.7. The SMILES string of the molecule is Cc1nc(N2CCN(S(=O)(=O)c3ccccc3Br)CC2)c2c3c(sc2n1)C[C@@H](C)CC3. The van der Waals surface area contributed by atoms with E-state index in [2.05, 4.69) is 27.8 Å². The zero-order valence-electron chi connectivity index (χ0n) is 17.6. The first-order chi connectivity index (χ1) is 14.8. The van der Waals surface area contributed by atoms with Crippen LogP contribution >= 0.6 is 27.3 Å². The van der Waals surface area contributed by atoms with Gasteiger partial charge in [0.1, 0.15) is 16.5 Å². The summed E-state index contributed by atoms with van der Waals surface area (Å²) in [6.07, 6.45) is 3.39. The van der Waals surface area contributed by atoms with Gasteiger partial charge in [-0.1, -0.05) is 19.1 Å². The summed E-state index contributed by atoms with van der Waals surface area (Å²) >= 11 is 5.20. The maximum Gasteiger partial charge on any atom is 0.244 e. The van der Waals surface area contributed by atoms with Gasteiger partial charge in [-0.25, -0.2) is 18.4 Å². The van der Waals surface area contributed by atoms with Gasteiger partial charge in [-0.3, -0.25) is 0 Å². The molecule has 3 heterocycles. The molecule has 1 aliphatic heterocycles. The van der Waals surface area contributed by atoms with E-state index < -0.39 is 10.0 Å². The van der Waals surface area contributed by atoms with Crippen molar-refractivity contribution in [3.05, 3.63) is 45.0 Å². The zero-order valence-corrected chi connectivity index (χ0v) is 20.9. The van der Waals surface area contributed by atoms with Gasteiger partial charge in [0, 0.05) is 35.5 Å². The van der Waals surface area contributed by atoms with Crippen LogP contribution in [0.5, 0.6) is 0 Å². The fraction of sp³-hybridized carbons (Fsp3) is 0.455. The summed E-state index contributed by atoms with van der Waals surface area (Å²) in [6, 6.07) is 7.01. The van der Waals surface area contributed by atoms with Gasteiger partial charge in [-0.2, -0.15) is 4.31 Å². The van der Waals surface area contributed by atoms with Crippen molar-refractivity contribution in [3.8, 4) is 0 Å². The standard InChI is InChI=1S/C22H25BrN4O2S2/c1-14-7-8-16-18(13-14)30-22-20(16)21(24-15(2)25-22)26-9-11-27(12-10-26)31(28,29)19-6-4-3-5-17(19)23/h3-6,14H,7-13H2,1-2H3/t14-/m0/s1. The third-order valence-corrected chi connectivity index (χ3v) is 10.3. The predicted molar refractivity (Wildman–Crippen MR) is 128 cm³/mol. The van der Waals surface area contributed by atoms with E-state index in [1.165, 1.54) is 22.2 Å². The normalized spacial score (nSPS) is 20.2. The summed E-state index contributed by atoms with van der Waals surface area (Å²) in [5, 5.41) is 1.19. The highest BCUT2D eigenvalue weighted by Crippen LogP contribution is 2.41. The zero-order chi connectivity index (χ0) is 21.8. The molecule has 5 rings (SSSR count). The number of benzene rings is 1. The number of sulfonamides is 1. The summed E-state index contributed by atoms with van der Waals surface area (Å²) in [6.45, 7) is 6.38. The minimum absolute atomic E-state index is 0.324. The summed E-state index contributed by atoms with van der Waals surface area (Å²) in [7, 11) is -3.53. The molecule has 0 saturated carbocycles. The Morgan fingerprint density at radius 1 is 1.13 bits per heavy atom. The van der Waals surface area contributed by atoms with E-state index in [-0.39, 0.29) is 0 Å². The van der Waals surface area contributed by atoms with Crippen molar-refractivity contribution >= 4 is 53.3 Å². The van der Waals surface area contributed by atoms with Gasteiger partial charge in [0.05, 0.1) is 10.3 Å². The van der Waals surface area contributed by atoms with Crippen LogP contribution in [0.25, 0.3) is 10.2 Å². The fourth-order valence-corrected chi connectivity index (χ4v) is 8.40. The molecule has 3 aromatic rings. The van der Waals surface area contributed by atoms with E-state index in [4.69, 9.17) is 9.97 Å². The predicted octanol–water partition coefficient (Wildman–Crippen LogP) is 4.40. The number of hydrogen-bond donors (Lipinski definition) is 0. The third-order valence-electron chi connectivity index (χ3n) is 6.24. The second-order valence-corrected chi connectivity index (χ2v) is 12.3. The number of nitrogens with zero attached hydrogens (tertiary/aromatic N) is 4. The molecule has 0 N–H and O–H groups in total. The summed E-state index contributed by atoms with van der Waals surface area (Å²) in [5.41, 5.74) is 1.41. The average Bonchev–Trinajstić information content (AvgIpc) is 3.10. The van der Waals surface area contributed by atoms with E-state index in [1.807, 2.05) is 24.3 Å². The van der Waals surface area contributed by atoms with Crippen LogP contribution in [-0.4, -0.2) is 48.9 Å². The Kier molecular flexibility index (Phi) is 5.57. The van der Waals surface area contributed by atoms with Gasteiger partial charge in [0.2, 0.25) is 10.0 Å². The van der Waals surface area contributed by atoms with Crippen molar-refractivity contribution in [1.29, 1.82) is 0 Å². The smallest absolute Gasteiger partial charge is 0.244 e. The summed E-state index contributed by atoms with van der Waals surface area (Å²) in [5.74, 6) is 2.47. The molecule has 9 heteroatoms. The third kappa shape index (κ3) is 3.79. The van der Waals surface area contributed by atoms with Crippen LogP contribution in [0.4, 0.5) is 5.82 Å². The monoisotopic (exact) mass is 520 g/mol. The van der Waals surface area contributed by atoms with E-state index in [9.17, 15) is 8.42 Å². The van der Waals surface area contributed by atoms with Crippen molar-refractivity contribution in [2.75, 3.05) is 31.1 Å². The fourth-order valence-electron chi connectivity index (χ4n) is 4.59. The van der Waals surface area contributed by atoms with Crippen LogP contribution in [0.3, 0.4) is 0 Å². The lowest BCUT2D eigenvalue weighted by molar-refractivity contribution is 0.384. The lowest BCUT2D eigenvalue weighted by Gasteiger charge is -2.35. The van der Waals surface area contributed by atoms with Crippen molar-refractivity contribution < 1.29 is 8.42 Å². The highest BCUT2D eigenvalue weighted by molar-refractivity contribution is 9.10. The van der Waals surface area contributed by atoms with E-state index >= 15 is 0 Å². The largest absolute Gasteiger partial charge is 0.353 e. The minimum Gasteiger partial charge on any atom is -0.353 e. The van der Waals surface area contributed by atoms with Crippen LogP contribution in [-0.2, 0) is 22.9 Å². The first-order valence-corrected chi connectivity index (χ1v) is 13.7. The highest BCUT2D eigenvalue weighted by Gasteiger charge is 2.32. The van der Waals surface area contributed by atoms with E-state index in [0.29, 0.717) is 41.5 Å². The highest BCUT2D eigenvalue weighted by atomic mass is 79.9. The number of fused-ring (bicyclic) bond motifs is 3. The first-order valence-electron chi connectivity index (χ1n) is 10.6. The second-order valence-electron chi connectivity index (χ2n) is 8.45. The van der Waals surface area contributed by atoms with Crippen LogP contribution in [0.15, 0.2) is 33.6 Å². The number of thiophene rings is 1. The Balaban J connectivity index is 1.44. The number of piperazine rings is 1. The molecule has 0 amide bonds. The van der Waals surface area contributed by atoms with Crippen molar-refractivity contribution in [3.63, 3.8) is 0 Å². The number of rotatable bonds is 3. The maximum absolute atomic E-state index is 13.2. The number of aryl methyl sites for hydroxylation is 2. The molecule has 0 unspecified atom stereocenters. The van der Waals surface area contributed by atoms with Gasteiger partial charge >= 0.3 is 0 Å². The lowest BCUT2D eigenvalue weighted by Crippen LogP contribution is -2.49. The molecule has 0 bridgehead atoms. The molecule has 1 fully saturated rings. The molecule has 1 atom stereocenters. The Morgan fingerprint density at radius 3 is 2.61 bits per heavy atom. The molecule has 0 radical (unpaired) electrons. The van der Waals surface area contributed by atoms with Crippen molar-refractivity contribution in [2.45, 2.75) is 38.0 Å². The van der Waals surface area contributed by atoms with E-state index in [1.54, 1.807) is 22.5 Å². The number of aromatic nitrogens is 2. The Hall–Kier alpha value is -1.55. The molecule has 1 aromatic carbocycles. The molecule has 6 nitrogen and oxygen atoms in total. The quantitative estimate of drug-likeness (QED) is 0.512. The molecular weight excluding hydrogens is 496 g/mol. The van der Waals surface area contributed by atoms with Gasteiger partial charge in [-0.05, 0) is 65.7 Å². The maximum atomic E-state index is 13.2. The average molecular weight is 522 g/mol. The van der Waals surface area contributed by atoms with Crippen LogP contribution in [0.2, 0.25) is 0 Å². The molecule has 1 aliphatic carbocycles.